The molecule has 5 atom stereocenters. The lowest BCUT2D eigenvalue weighted by Crippen LogP contribution is -2.22. The summed E-state index contributed by atoms with van der Waals surface area (Å²) in [5, 5.41) is 39.0. The molecule has 1 saturated carbocycles. The van der Waals surface area contributed by atoms with Gasteiger partial charge in [0.2, 0.25) is 0 Å². The van der Waals surface area contributed by atoms with Gasteiger partial charge in [0, 0.05) is 18.8 Å². The molecule has 0 saturated heterocycles. The zero-order valence-corrected chi connectivity index (χ0v) is 16.2. The Morgan fingerprint density at radius 1 is 1.04 bits per heavy atom. The van der Waals surface area contributed by atoms with E-state index in [1.807, 2.05) is 12.2 Å². The third-order valence-corrected chi connectivity index (χ3v) is 4.82. The number of carbonyl (C=O) groups is 1. The third-order valence-electron chi connectivity index (χ3n) is 4.82. The fraction of sp³-hybridized carbons (Fsp3) is 0.591. The van der Waals surface area contributed by atoms with Crippen molar-refractivity contribution < 1.29 is 25.2 Å². The van der Waals surface area contributed by atoms with E-state index < -0.39 is 24.3 Å². The van der Waals surface area contributed by atoms with Crippen LogP contribution in [0.25, 0.3) is 0 Å². The average molecular weight is 379 g/mol. The Hall–Kier alpha value is -1.69. The number of carboxylic acids is 1. The molecule has 0 spiro atoms. The van der Waals surface area contributed by atoms with E-state index in [1.165, 1.54) is 0 Å². The van der Waals surface area contributed by atoms with Gasteiger partial charge in [-0.3, -0.25) is 4.79 Å². The minimum Gasteiger partial charge on any atom is -0.481 e. The fourth-order valence-electron chi connectivity index (χ4n) is 3.35. The van der Waals surface area contributed by atoms with Crippen LogP contribution in [-0.4, -0.2) is 44.7 Å². The molecular formula is C22H34O5. The SMILES string of the molecule is CC/C=C\C/C=C/C/C=C\C[C@@H](O)/C=C/[C@H]1[C@H](CCC(=O)O)[C@@H](O)C[C@H]1O. The number of rotatable bonds is 12. The van der Waals surface area contributed by atoms with E-state index in [0.29, 0.717) is 12.8 Å². The van der Waals surface area contributed by atoms with Crippen LogP contribution in [0.2, 0.25) is 0 Å². The largest absolute Gasteiger partial charge is 0.481 e. The first-order valence-corrected chi connectivity index (χ1v) is 9.85. The first kappa shape index (κ1) is 23.3. The molecule has 0 aromatic carbocycles. The second-order valence-electron chi connectivity index (χ2n) is 7.03. The maximum atomic E-state index is 10.8. The number of hydrogen-bond acceptors (Lipinski definition) is 4. The monoisotopic (exact) mass is 378 g/mol. The van der Waals surface area contributed by atoms with Gasteiger partial charge in [-0.25, -0.2) is 0 Å². The molecule has 0 bridgehead atoms. The number of carboxylic acid groups (broad SMARTS) is 1. The van der Waals surface area contributed by atoms with Crippen molar-refractivity contribution in [2.45, 2.75) is 70.2 Å². The van der Waals surface area contributed by atoms with Gasteiger partial charge < -0.3 is 20.4 Å². The topological polar surface area (TPSA) is 98.0 Å². The van der Waals surface area contributed by atoms with E-state index in [-0.39, 0.29) is 24.7 Å². The number of aliphatic hydroxyl groups excluding tert-OH is 3. The minimum absolute atomic E-state index is 0.0359. The van der Waals surface area contributed by atoms with Crippen molar-refractivity contribution in [3.8, 4) is 0 Å². The van der Waals surface area contributed by atoms with E-state index in [1.54, 1.807) is 12.2 Å². The summed E-state index contributed by atoms with van der Waals surface area (Å²) in [6.45, 7) is 2.11. The summed E-state index contributed by atoms with van der Waals surface area (Å²) in [6, 6.07) is 0. The Balaban J connectivity index is 2.39. The highest BCUT2D eigenvalue weighted by molar-refractivity contribution is 5.66. The Morgan fingerprint density at radius 2 is 1.67 bits per heavy atom. The van der Waals surface area contributed by atoms with E-state index in [9.17, 15) is 20.1 Å². The molecular weight excluding hydrogens is 344 g/mol. The van der Waals surface area contributed by atoms with Crippen molar-refractivity contribution >= 4 is 5.97 Å². The van der Waals surface area contributed by atoms with Crippen LogP contribution in [0.3, 0.4) is 0 Å². The first-order valence-electron chi connectivity index (χ1n) is 9.85. The number of aliphatic carboxylic acids is 1. The van der Waals surface area contributed by atoms with Crippen LogP contribution in [0, 0.1) is 11.8 Å². The molecule has 5 nitrogen and oxygen atoms in total. The molecule has 0 aromatic rings. The highest BCUT2D eigenvalue weighted by Crippen LogP contribution is 2.36. The van der Waals surface area contributed by atoms with Gasteiger partial charge in [-0.15, -0.1) is 0 Å². The number of aliphatic hydroxyl groups is 3. The van der Waals surface area contributed by atoms with Crippen molar-refractivity contribution in [3.05, 3.63) is 48.6 Å². The lowest BCUT2D eigenvalue weighted by molar-refractivity contribution is -0.137. The zero-order chi connectivity index (χ0) is 20.1. The van der Waals surface area contributed by atoms with Gasteiger partial charge in [-0.2, -0.15) is 0 Å². The zero-order valence-electron chi connectivity index (χ0n) is 16.2. The van der Waals surface area contributed by atoms with Gasteiger partial charge in [0.15, 0.2) is 0 Å². The number of allylic oxidation sites excluding steroid dienone is 5. The van der Waals surface area contributed by atoms with Gasteiger partial charge in [0.25, 0.3) is 0 Å². The van der Waals surface area contributed by atoms with Crippen LogP contribution in [-0.2, 0) is 4.79 Å². The summed E-state index contributed by atoms with van der Waals surface area (Å²) in [6.07, 6.45) is 17.5. The van der Waals surface area contributed by atoms with Crippen molar-refractivity contribution in [3.63, 3.8) is 0 Å². The average Bonchev–Trinajstić information content (AvgIpc) is 2.89. The summed E-state index contributed by atoms with van der Waals surface area (Å²) >= 11 is 0. The van der Waals surface area contributed by atoms with Crippen molar-refractivity contribution in [1.29, 1.82) is 0 Å². The van der Waals surface area contributed by atoms with Gasteiger partial charge in [0.1, 0.15) is 0 Å². The van der Waals surface area contributed by atoms with Crippen LogP contribution in [0.15, 0.2) is 48.6 Å². The van der Waals surface area contributed by atoms with Gasteiger partial charge >= 0.3 is 5.97 Å². The minimum atomic E-state index is -0.910. The maximum absolute atomic E-state index is 10.8. The van der Waals surface area contributed by atoms with Crippen LogP contribution in [0.5, 0.6) is 0 Å². The molecule has 0 radical (unpaired) electrons. The molecule has 4 N–H and O–H groups in total. The van der Waals surface area contributed by atoms with Crippen LogP contribution < -0.4 is 0 Å². The fourth-order valence-corrected chi connectivity index (χ4v) is 3.35. The summed E-state index contributed by atoms with van der Waals surface area (Å²) in [5.74, 6) is -1.52. The standard InChI is InChI=1S/C22H34O5/c1-2-3-4-5-6-7-8-9-10-11-17(23)12-13-18-19(14-15-22(26)27)21(25)16-20(18)24/h3-4,6-7,9-10,12-13,17-21,23-25H,2,5,8,11,14-16H2,1H3,(H,26,27)/b4-3-,7-6+,10-9-,13-12+/t17-,18+,19+,20-,21+/m1/s1. The highest BCUT2D eigenvalue weighted by Gasteiger charge is 2.40. The quantitative estimate of drug-likeness (QED) is 0.390. The Bertz CT molecular complexity index is 535. The van der Waals surface area contributed by atoms with Crippen molar-refractivity contribution in [2.24, 2.45) is 11.8 Å². The third kappa shape index (κ3) is 9.70. The second-order valence-corrected chi connectivity index (χ2v) is 7.03. The predicted octanol–water partition coefficient (Wildman–Crippen LogP) is 3.38. The molecule has 1 aliphatic rings. The summed E-state index contributed by atoms with van der Waals surface area (Å²) < 4.78 is 0. The lowest BCUT2D eigenvalue weighted by atomic mass is 9.88. The predicted molar refractivity (Wildman–Crippen MR) is 107 cm³/mol. The van der Waals surface area contributed by atoms with Crippen LogP contribution in [0.1, 0.15) is 51.9 Å². The summed E-state index contributed by atoms with van der Waals surface area (Å²) in [7, 11) is 0. The molecule has 0 amide bonds. The van der Waals surface area contributed by atoms with Crippen molar-refractivity contribution in [2.75, 3.05) is 0 Å². The molecule has 1 aliphatic carbocycles. The first-order chi connectivity index (χ1) is 13.0. The molecule has 1 rings (SSSR count). The highest BCUT2D eigenvalue weighted by atomic mass is 16.4. The maximum Gasteiger partial charge on any atom is 0.303 e. The molecule has 27 heavy (non-hydrogen) atoms. The van der Waals surface area contributed by atoms with E-state index in [2.05, 4.69) is 31.2 Å². The van der Waals surface area contributed by atoms with Gasteiger partial charge in [-0.05, 0) is 38.0 Å². The lowest BCUT2D eigenvalue weighted by Gasteiger charge is -2.20. The molecule has 0 heterocycles. The summed E-state index contributed by atoms with van der Waals surface area (Å²) in [4.78, 5) is 10.8. The van der Waals surface area contributed by atoms with E-state index in [0.717, 1.165) is 19.3 Å². The molecule has 152 valence electrons. The van der Waals surface area contributed by atoms with Crippen LogP contribution >= 0.6 is 0 Å². The molecule has 5 heteroatoms. The molecule has 0 aliphatic heterocycles. The number of hydrogen-bond donors (Lipinski definition) is 4. The smallest absolute Gasteiger partial charge is 0.303 e. The van der Waals surface area contributed by atoms with Gasteiger partial charge in [0.05, 0.1) is 18.3 Å². The van der Waals surface area contributed by atoms with Crippen molar-refractivity contribution in [1.82, 2.24) is 0 Å². The second kappa shape index (κ2) is 13.5. The Morgan fingerprint density at radius 3 is 2.30 bits per heavy atom. The van der Waals surface area contributed by atoms with E-state index >= 15 is 0 Å². The Labute approximate surface area is 162 Å². The van der Waals surface area contributed by atoms with E-state index in [4.69, 9.17) is 5.11 Å². The van der Waals surface area contributed by atoms with Crippen LogP contribution in [0.4, 0.5) is 0 Å². The molecule has 1 fully saturated rings. The summed E-state index contributed by atoms with van der Waals surface area (Å²) in [5.41, 5.74) is 0. The Kier molecular flexibility index (Phi) is 11.7. The molecule has 0 aromatic heterocycles. The van der Waals surface area contributed by atoms with Gasteiger partial charge in [-0.1, -0.05) is 55.5 Å². The molecule has 0 unspecified atom stereocenters. The normalized spacial score (nSPS) is 27.6.